The lowest BCUT2D eigenvalue weighted by Crippen LogP contribution is -1.93. The molecule has 13 heavy (non-hydrogen) atoms. The lowest BCUT2D eigenvalue weighted by molar-refractivity contribution is 0.299. The summed E-state index contributed by atoms with van der Waals surface area (Å²) in [6, 6.07) is 9.83. The second-order valence-electron chi connectivity index (χ2n) is 2.49. The van der Waals surface area contributed by atoms with Gasteiger partial charge in [0.2, 0.25) is 0 Å². The lowest BCUT2D eigenvalue weighted by Gasteiger charge is -1.96. The Labute approximate surface area is 78.2 Å². The maximum Gasteiger partial charge on any atom is 0.148 e. The van der Waals surface area contributed by atoms with Gasteiger partial charge in [-0.05, 0) is 12.5 Å². The van der Waals surface area contributed by atoms with Crippen LogP contribution in [0.4, 0.5) is 0 Å². The minimum absolute atomic E-state index is 0.823. The van der Waals surface area contributed by atoms with Crippen LogP contribution in [0.2, 0.25) is 0 Å². The summed E-state index contributed by atoms with van der Waals surface area (Å²) in [7, 11) is 0. The fraction of sp³-hybridized carbons (Fsp3) is 0.182. The van der Waals surface area contributed by atoms with E-state index in [1.807, 2.05) is 37.3 Å². The van der Waals surface area contributed by atoms with E-state index in [0.29, 0.717) is 0 Å². The molecule has 0 amide bonds. The average Bonchev–Trinajstić information content (AvgIpc) is 2.19. The quantitative estimate of drug-likeness (QED) is 0.382. The first kappa shape index (κ1) is 9.34. The molecule has 1 aromatic rings. The summed E-state index contributed by atoms with van der Waals surface area (Å²) in [5.41, 5.74) is 1.86. The molecule has 0 N–H and O–H groups in total. The van der Waals surface area contributed by atoms with Crippen LogP contribution in [0.25, 0.3) is 0 Å². The van der Waals surface area contributed by atoms with Crippen molar-refractivity contribution in [2.45, 2.75) is 13.8 Å². The van der Waals surface area contributed by atoms with E-state index in [2.05, 4.69) is 17.2 Å². The standard InChI is InChI=1S/C11H11NO/c1-3-9-13-12-10(2)11-7-5-4-6-8-11/h4-8H,1-2H3/b12-10+. The molecule has 66 valence electrons. The van der Waals surface area contributed by atoms with Crippen LogP contribution < -0.4 is 0 Å². The summed E-state index contributed by atoms with van der Waals surface area (Å²) in [5, 5.41) is 3.83. The summed E-state index contributed by atoms with van der Waals surface area (Å²) in [6.07, 6.45) is 2.41. The molecule has 0 saturated carbocycles. The maximum atomic E-state index is 4.73. The first-order valence-corrected chi connectivity index (χ1v) is 4.02. The highest BCUT2D eigenvalue weighted by molar-refractivity contribution is 5.98. The van der Waals surface area contributed by atoms with Gasteiger partial charge in [-0.2, -0.15) is 0 Å². The van der Waals surface area contributed by atoms with E-state index in [-0.39, 0.29) is 0 Å². The van der Waals surface area contributed by atoms with Gasteiger partial charge >= 0.3 is 0 Å². The molecule has 0 aromatic heterocycles. The molecule has 0 heterocycles. The SMILES string of the molecule is CC#CO/N=C(\C)c1ccccc1. The largest absolute Gasteiger partial charge is 0.303 e. The van der Waals surface area contributed by atoms with Gasteiger partial charge in [0.05, 0.1) is 5.71 Å². The van der Waals surface area contributed by atoms with Gasteiger partial charge < -0.3 is 4.84 Å². The molecule has 0 aliphatic rings. The van der Waals surface area contributed by atoms with E-state index in [4.69, 9.17) is 4.84 Å². The molecular weight excluding hydrogens is 162 g/mol. The molecule has 0 unspecified atom stereocenters. The topological polar surface area (TPSA) is 21.6 Å². The first-order valence-electron chi connectivity index (χ1n) is 4.02. The zero-order valence-corrected chi connectivity index (χ0v) is 7.74. The number of hydrogen-bond acceptors (Lipinski definition) is 2. The fourth-order valence-corrected chi connectivity index (χ4v) is 0.869. The minimum Gasteiger partial charge on any atom is -0.303 e. The third-order valence-electron chi connectivity index (χ3n) is 1.52. The van der Waals surface area contributed by atoms with Gasteiger partial charge in [-0.15, -0.1) is 0 Å². The number of benzene rings is 1. The van der Waals surface area contributed by atoms with Gasteiger partial charge in [-0.25, -0.2) is 0 Å². The Morgan fingerprint density at radius 3 is 2.62 bits per heavy atom. The Morgan fingerprint density at radius 2 is 2.00 bits per heavy atom. The predicted octanol–water partition coefficient (Wildman–Crippen LogP) is 2.41. The van der Waals surface area contributed by atoms with Crippen molar-refractivity contribution in [1.29, 1.82) is 0 Å². The average molecular weight is 173 g/mol. The van der Waals surface area contributed by atoms with Crippen LogP contribution in [0, 0.1) is 12.0 Å². The number of hydrogen-bond donors (Lipinski definition) is 0. The molecule has 0 aliphatic carbocycles. The van der Waals surface area contributed by atoms with Crippen LogP contribution in [-0.2, 0) is 4.84 Å². The highest BCUT2D eigenvalue weighted by Crippen LogP contribution is 2.00. The zero-order chi connectivity index (χ0) is 9.52. The monoisotopic (exact) mass is 173 g/mol. The summed E-state index contributed by atoms with van der Waals surface area (Å²) in [4.78, 5) is 4.73. The second-order valence-corrected chi connectivity index (χ2v) is 2.49. The molecule has 0 aliphatic heterocycles. The predicted molar refractivity (Wildman–Crippen MR) is 53.2 cm³/mol. The van der Waals surface area contributed by atoms with Crippen LogP contribution in [-0.4, -0.2) is 5.71 Å². The van der Waals surface area contributed by atoms with Crippen LogP contribution in [0.3, 0.4) is 0 Å². The Hall–Kier alpha value is -1.75. The van der Waals surface area contributed by atoms with Crippen molar-refractivity contribution in [1.82, 2.24) is 0 Å². The van der Waals surface area contributed by atoms with E-state index >= 15 is 0 Å². The van der Waals surface area contributed by atoms with Crippen molar-refractivity contribution in [3.05, 3.63) is 35.9 Å². The van der Waals surface area contributed by atoms with E-state index in [9.17, 15) is 0 Å². The van der Waals surface area contributed by atoms with Crippen molar-refractivity contribution in [3.63, 3.8) is 0 Å². The molecule has 0 atom stereocenters. The molecule has 1 rings (SSSR count). The highest BCUT2D eigenvalue weighted by atomic mass is 16.6. The lowest BCUT2D eigenvalue weighted by atomic mass is 10.1. The number of oxime groups is 1. The summed E-state index contributed by atoms with van der Waals surface area (Å²) < 4.78 is 0. The Kier molecular flexibility index (Phi) is 3.59. The normalized spacial score (nSPS) is 10.2. The van der Waals surface area contributed by atoms with Gasteiger partial charge in [0.15, 0.2) is 0 Å². The zero-order valence-electron chi connectivity index (χ0n) is 7.74. The van der Waals surface area contributed by atoms with Gasteiger partial charge in [-0.1, -0.05) is 41.4 Å². The van der Waals surface area contributed by atoms with Crippen LogP contribution in [0.1, 0.15) is 19.4 Å². The van der Waals surface area contributed by atoms with Crippen LogP contribution >= 0.6 is 0 Å². The molecule has 0 radical (unpaired) electrons. The Balaban J connectivity index is 2.71. The second kappa shape index (κ2) is 5.00. The van der Waals surface area contributed by atoms with Gasteiger partial charge in [0.25, 0.3) is 0 Å². The fourth-order valence-electron chi connectivity index (χ4n) is 0.869. The molecule has 0 saturated heterocycles. The van der Waals surface area contributed by atoms with E-state index in [1.165, 1.54) is 0 Å². The molecule has 0 bridgehead atoms. The van der Waals surface area contributed by atoms with Crippen LogP contribution in [0.15, 0.2) is 35.5 Å². The highest BCUT2D eigenvalue weighted by Gasteiger charge is 1.94. The van der Waals surface area contributed by atoms with Crippen molar-refractivity contribution >= 4 is 5.71 Å². The summed E-state index contributed by atoms with van der Waals surface area (Å²) >= 11 is 0. The number of rotatable bonds is 2. The van der Waals surface area contributed by atoms with E-state index in [1.54, 1.807) is 6.92 Å². The number of nitrogens with zero attached hydrogens (tertiary/aromatic N) is 1. The molecule has 2 heteroatoms. The first-order chi connectivity index (χ1) is 6.34. The molecule has 0 fully saturated rings. The van der Waals surface area contributed by atoms with Crippen molar-refractivity contribution < 1.29 is 4.84 Å². The van der Waals surface area contributed by atoms with Gasteiger partial charge in [-0.3, -0.25) is 0 Å². The smallest absolute Gasteiger partial charge is 0.148 e. The Morgan fingerprint density at radius 1 is 1.31 bits per heavy atom. The molecule has 1 aromatic carbocycles. The third kappa shape index (κ3) is 3.00. The van der Waals surface area contributed by atoms with E-state index < -0.39 is 0 Å². The van der Waals surface area contributed by atoms with Crippen molar-refractivity contribution in [2.75, 3.05) is 0 Å². The van der Waals surface area contributed by atoms with Gasteiger partial charge in [0, 0.05) is 6.92 Å². The minimum atomic E-state index is 0.823. The van der Waals surface area contributed by atoms with Crippen molar-refractivity contribution in [3.8, 4) is 12.0 Å². The summed E-state index contributed by atoms with van der Waals surface area (Å²) in [6.45, 7) is 3.58. The van der Waals surface area contributed by atoms with Gasteiger partial charge in [0.1, 0.15) is 6.11 Å². The third-order valence-corrected chi connectivity index (χ3v) is 1.52. The maximum absolute atomic E-state index is 4.73. The van der Waals surface area contributed by atoms with Crippen LogP contribution in [0.5, 0.6) is 0 Å². The molecule has 0 spiro atoms. The molecular formula is C11H11NO. The van der Waals surface area contributed by atoms with Crippen molar-refractivity contribution in [2.24, 2.45) is 5.16 Å². The summed E-state index contributed by atoms with van der Waals surface area (Å²) in [5.74, 6) is 2.60. The Bertz CT molecular complexity index is 343. The van der Waals surface area contributed by atoms with E-state index in [0.717, 1.165) is 11.3 Å². The molecule has 2 nitrogen and oxygen atoms in total.